The molecule has 2 fully saturated rings. The van der Waals surface area contributed by atoms with Gasteiger partial charge in [0.1, 0.15) is 11.9 Å². The maximum atomic E-state index is 11.7. The number of aromatic hydroxyl groups is 2. The third-order valence-corrected chi connectivity index (χ3v) is 9.08. The molecule has 0 unspecified atom stereocenters. The third-order valence-electron chi connectivity index (χ3n) is 9.08. The van der Waals surface area contributed by atoms with Crippen LogP contribution in [0.3, 0.4) is 0 Å². The number of benzene rings is 2. The Labute approximate surface area is 207 Å². The van der Waals surface area contributed by atoms with Crippen molar-refractivity contribution in [3.05, 3.63) is 46.5 Å². The van der Waals surface area contributed by atoms with E-state index in [1.165, 1.54) is 32.3 Å². The van der Waals surface area contributed by atoms with Crippen LogP contribution in [-0.2, 0) is 22.4 Å². The van der Waals surface area contributed by atoms with Gasteiger partial charge >= 0.3 is 5.97 Å². The smallest absolute Gasteiger partial charge is 0.302 e. The summed E-state index contributed by atoms with van der Waals surface area (Å²) in [7, 11) is 3.03. The molecule has 2 aromatic rings. The predicted molar refractivity (Wildman–Crippen MR) is 132 cm³/mol. The summed E-state index contributed by atoms with van der Waals surface area (Å²) in [6.45, 7) is 3.85. The molecule has 3 aliphatic carbocycles. The SMILES string of the molecule is COc1cc(Cc2cc3c(cc2O)CC[C@@H]2[C@@H]3CC[C@]3(C)[C@@H](OC(C)=O)CC[C@@H]23)cc(OC)c1O. The number of fused-ring (bicyclic) bond motifs is 5. The average Bonchev–Trinajstić information content (AvgIpc) is 3.16. The van der Waals surface area contributed by atoms with E-state index in [0.29, 0.717) is 41.4 Å². The van der Waals surface area contributed by atoms with Crippen LogP contribution >= 0.6 is 0 Å². The van der Waals surface area contributed by atoms with E-state index >= 15 is 0 Å². The number of methoxy groups -OCH3 is 2. The van der Waals surface area contributed by atoms with Crippen LogP contribution in [0.4, 0.5) is 0 Å². The molecule has 0 bridgehead atoms. The Morgan fingerprint density at radius 1 is 1.03 bits per heavy atom. The first-order chi connectivity index (χ1) is 16.7. The Hall–Kier alpha value is -2.89. The van der Waals surface area contributed by atoms with Gasteiger partial charge in [-0.25, -0.2) is 0 Å². The molecule has 0 aliphatic heterocycles. The number of hydrogen-bond donors (Lipinski definition) is 2. The highest BCUT2D eigenvalue weighted by Gasteiger charge is 2.56. The third kappa shape index (κ3) is 4.01. The summed E-state index contributed by atoms with van der Waals surface area (Å²) in [4.78, 5) is 11.7. The molecule has 0 heterocycles. The van der Waals surface area contributed by atoms with Gasteiger partial charge in [0.15, 0.2) is 11.5 Å². The fourth-order valence-corrected chi connectivity index (χ4v) is 7.41. The maximum absolute atomic E-state index is 11.7. The average molecular weight is 481 g/mol. The van der Waals surface area contributed by atoms with E-state index in [1.54, 1.807) is 12.1 Å². The number of carbonyl (C=O) groups excluding carboxylic acids is 1. The molecule has 2 saturated carbocycles. The first-order valence-corrected chi connectivity index (χ1v) is 12.7. The highest BCUT2D eigenvalue weighted by molar-refractivity contribution is 5.66. The van der Waals surface area contributed by atoms with Crippen LogP contribution < -0.4 is 9.47 Å². The highest BCUT2D eigenvalue weighted by Crippen LogP contribution is 2.61. The zero-order chi connectivity index (χ0) is 24.9. The van der Waals surface area contributed by atoms with Crippen LogP contribution in [0.2, 0.25) is 0 Å². The van der Waals surface area contributed by atoms with Crippen molar-refractivity contribution in [2.75, 3.05) is 14.2 Å². The van der Waals surface area contributed by atoms with E-state index in [1.807, 2.05) is 6.07 Å². The molecule has 0 amide bonds. The van der Waals surface area contributed by atoms with Gasteiger partial charge in [-0.2, -0.15) is 0 Å². The van der Waals surface area contributed by atoms with Crippen LogP contribution in [0, 0.1) is 17.3 Å². The zero-order valence-corrected chi connectivity index (χ0v) is 21.1. The minimum Gasteiger partial charge on any atom is -0.508 e. The second kappa shape index (κ2) is 8.96. The van der Waals surface area contributed by atoms with Crippen LogP contribution in [0.25, 0.3) is 0 Å². The molecule has 35 heavy (non-hydrogen) atoms. The molecule has 0 aromatic heterocycles. The summed E-state index contributed by atoms with van der Waals surface area (Å²) in [5.41, 5.74) is 4.45. The molecule has 188 valence electrons. The molecule has 6 heteroatoms. The van der Waals surface area contributed by atoms with Crippen molar-refractivity contribution in [2.24, 2.45) is 17.3 Å². The second-order valence-corrected chi connectivity index (χ2v) is 10.8. The Morgan fingerprint density at radius 3 is 2.40 bits per heavy atom. The van der Waals surface area contributed by atoms with Crippen molar-refractivity contribution in [1.82, 2.24) is 0 Å². The number of aryl methyl sites for hydroxylation is 1. The Kier molecular flexibility index (Phi) is 6.10. The van der Waals surface area contributed by atoms with Gasteiger partial charge in [0, 0.05) is 18.8 Å². The number of phenolic OH excluding ortho intramolecular Hbond substituents is 2. The van der Waals surface area contributed by atoms with Gasteiger partial charge in [0.05, 0.1) is 14.2 Å². The van der Waals surface area contributed by atoms with Crippen molar-refractivity contribution >= 4 is 5.97 Å². The highest BCUT2D eigenvalue weighted by atomic mass is 16.5. The number of hydrogen-bond acceptors (Lipinski definition) is 6. The van der Waals surface area contributed by atoms with Gasteiger partial charge < -0.3 is 24.4 Å². The molecule has 2 N–H and O–H groups in total. The van der Waals surface area contributed by atoms with Gasteiger partial charge in [-0.1, -0.05) is 13.0 Å². The van der Waals surface area contributed by atoms with Gasteiger partial charge in [0.25, 0.3) is 0 Å². The summed E-state index contributed by atoms with van der Waals surface area (Å²) in [5.74, 6) is 2.43. The molecule has 0 spiro atoms. The van der Waals surface area contributed by atoms with E-state index in [4.69, 9.17) is 14.2 Å². The van der Waals surface area contributed by atoms with Crippen LogP contribution in [0.15, 0.2) is 24.3 Å². The first-order valence-electron chi connectivity index (χ1n) is 12.7. The van der Waals surface area contributed by atoms with E-state index in [2.05, 4.69) is 13.0 Å². The number of esters is 1. The fraction of sp³-hybridized carbons (Fsp3) is 0.552. The molecule has 5 rings (SSSR count). The largest absolute Gasteiger partial charge is 0.508 e. The normalized spacial score (nSPS) is 29.0. The van der Waals surface area contributed by atoms with Crippen molar-refractivity contribution in [1.29, 1.82) is 0 Å². The van der Waals surface area contributed by atoms with Crippen LogP contribution in [0.5, 0.6) is 23.0 Å². The Bertz CT molecular complexity index is 1120. The van der Waals surface area contributed by atoms with Gasteiger partial charge in [-0.3, -0.25) is 4.79 Å². The number of ether oxygens (including phenoxy) is 3. The molecule has 2 aromatic carbocycles. The minimum absolute atomic E-state index is 0.0230. The van der Waals surface area contributed by atoms with Crippen molar-refractivity contribution < 1.29 is 29.2 Å². The Morgan fingerprint density at radius 2 is 1.74 bits per heavy atom. The molecule has 5 atom stereocenters. The lowest BCUT2D eigenvalue weighted by Crippen LogP contribution is -2.45. The van der Waals surface area contributed by atoms with Gasteiger partial charge in [0.2, 0.25) is 5.75 Å². The summed E-state index contributed by atoms with van der Waals surface area (Å²) in [6.07, 6.45) is 6.84. The molecule has 3 aliphatic rings. The monoisotopic (exact) mass is 480 g/mol. The van der Waals surface area contributed by atoms with Gasteiger partial charge in [-0.15, -0.1) is 0 Å². The second-order valence-electron chi connectivity index (χ2n) is 10.8. The maximum Gasteiger partial charge on any atom is 0.302 e. The lowest BCUT2D eigenvalue weighted by molar-refractivity contribution is -0.154. The topological polar surface area (TPSA) is 85.2 Å². The molecule has 6 nitrogen and oxygen atoms in total. The number of phenols is 2. The molecular formula is C29H36O6. The summed E-state index contributed by atoms with van der Waals surface area (Å²) >= 11 is 0. The predicted octanol–water partition coefficient (Wildman–Crippen LogP) is 5.49. The number of carbonyl (C=O) groups is 1. The quantitative estimate of drug-likeness (QED) is 0.550. The van der Waals surface area contributed by atoms with Crippen molar-refractivity contribution in [2.45, 2.75) is 70.8 Å². The lowest BCUT2D eigenvalue weighted by Gasteiger charge is -2.50. The molecule has 0 radical (unpaired) electrons. The fourth-order valence-electron chi connectivity index (χ4n) is 7.41. The summed E-state index contributed by atoms with van der Waals surface area (Å²) in [5, 5.41) is 21.1. The van der Waals surface area contributed by atoms with Crippen molar-refractivity contribution in [3.8, 4) is 23.0 Å². The van der Waals surface area contributed by atoms with Crippen LogP contribution in [0.1, 0.15) is 74.1 Å². The van der Waals surface area contributed by atoms with Crippen LogP contribution in [-0.4, -0.2) is 36.5 Å². The number of rotatable bonds is 5. The molecule has 0 saturated heterocycles. The summed E-state index contributed by atoms with van der Waals surface area (Å²) < 4.78 is 16.4. The standard InChI is InChI=1S/C29H36O6/c1-16(30)35-27-8-7-23-21-6-5-18-15-24(31)19(14-22(18)20(21)9-10-29(23,27)2)11-17-12-25(33-3)28(32)26(13-17)34-4/h12-15,20-21,23,27,31-32H,5-11H2,1-4H3/t20-,21+,23-,27-,29-/m0/s1. The van der Waals surface area contributed by atoms with Gasteiger partial charge in [-0.05, 0) is 96.7 Å². The lowest BCUT2D eigenvalue weighted by atomic mass is 9.55. The summed E-state index contributed by atoms with van der Waals surface area (Å²) in [6, 6.07) is 7.74. The molecular weight excluding hydrogens is 444 g/mol. The van der Waals surface area contributed by atoms with E-state index in [0.717, 1.165) is 49.7 Å². The Balaban J connectivity index is 1.44. The van der Waals surface area contributed by atoms with E-state index in [9.17, 15) is 15.0 Å². The minimum atomic E-state index is -0.171. The van der Waals surface area contributed by atoms with E-state index in [-0.39, 0.29) is 23.2 Å². The first kappa shape index (κ1) is 23.8. The van der Waals surface area contributed by atoms with E-state index < -0.39 is 0 Å². The van der Waals surface area contributed by atoms with Crippen molar-refractivity contribution in [3.63, 3.8) is 0 Å². The zero-order valence-electron chi connectivity index (χ0n) is 21.1.